The van der Waals surface area contributed by atoms with Gasteiger partial charge in [0.25, 0.3) is 6.17 Å². The van der Waals surface area contributed by atoms with Crippen LogP contribution in [0.3, 0.4) is 0 Å². The highest BCUT2D eigenvalue weighted by Gasteiger charge is 2.51. The zero-order valence-corrected chi connectivity index (χ0v) is 17.1. The molecule has 0 N–H and O–H groups in total. The molecule has 0 unspecified atom stereocenters. The molecule has 3 rings (SSSR count). The zero-order valence-electron chi connectivity index (χ0n) is 15.4. The van der Waals surface area contributed by atoms with Crippen LogP contribution in [0.2, 0.25) is 0 Å². The van der Waals surface area contributed by atoms with Crippen LogP contribution in [-0.4, -0.2) is 40.3 Å². The van der Waals surface area contributed by atoms with Gasteiger partial charge >= 0.3 is 0 Å². The minimum Gasteiger partial charge on any atom is -0.622 e. The Bertz CT molecular complexity index is 817. The van der Waals surface area contributed by atoms with Gasteiger partial charge in [0.2, 0.25) is 0 Å². The summed E-state index contributed by atoms with van der Waals surface area (Å²) in [5.74, 6) is 0. The summed E-state index contributed by atoms with van der Waals surface area (Å²) in [6.07, 6.45) is 1.24. The first-order valence-electron chi connectivity index (χ1n) is 8.44. The minimum atomic E-state index is -0.407. The Morgan fingerprint density at radius 3 is 2.31 bits per heavy atom. The highest BCUT2D eigenvalue weighted by atomic mass is 32.2. The summed E-state index contributed by atoms with van der Waals surface area (Å²) in [6.45, 7) is 4.12. The highest BCUT2D eigenvalue weighted by molar-refractivity contribution is 8.24. The summed E-state index contributed by atoms with van der Waals surface area (Å²) < 4.78 is 1.43. The smallest absolute Gasteiger partial charge is 0.258 e. The van der Waals surface area contributed by atoms with Crippen LogP contribution < -0.4 is 9.80 Å². The standard InChI is InChI=1S/C20H23N3OS2/c1-20(2)18(23(19(25)26-20)17-8-6-5-7-9-17)22(24)14-15-10-12-16(13-11-15)21(3)4/h5-14,18H,1-4H3/b22-14-/t18-/m1/s1. The van der Waals surface area contributed by atoms with Crippen LogP contribution >= 0.6 is 24.0 Å². The van der Waals surface area contributed by atoms with Crippen molar-refractivity contribution in [2.24, 2.45) is 0 Å². The molecule has 0 spiro atoms. The van der Waals surface area contributed by atoms with Gasteiger partial charge in [0.15, 0.2) is 6.21 Å². The number of hydrogen-bond donors (Lipinski definition) is 0. The third kappa shape index (κ3) is 3.71. The molecule has 2 aromatic carbocycles. The van der Waals surface area contributed by atoms with E-state index in [4.69, 9.17) is 12.2 Å². The summed E-state index contributed by atoms with van der Waals surface area (Å²) in [6, 6.07) is 17.8. The molecule has 0 aliphatic carbocycles. The van der Waals surface area contributed by atoms with Gasteiger partial charge in [-0.1, -0.05) is 42.2 Å². The van der Waals surface area contributed by atoms with Crippen molar-refractivity contribution < 1.29 is 4.74 Å². The average Bonchev–Trinajstić information content (AvgIpc) is 2.84. The topological polar surface area (TPSA) is 32.5 Å². The zero-order chi connectivity index (χ0) is 18.9. The molecule has 0 radical (unpaired) electrons. The van der Waals surface area contributed by atoms with E-state index in [0.29, 0.717) is 0 Å². The van der Waals surface area contributed by atoms with Crippen LogP contribution in [0.15, 0.2) is 54.6 Å². The third-order valence-electron chi connectivity index (χ3n) is 4.37. The van der Waals surface area contributed by atoms with E-state index in [2.05, 4.69) is 13.8 Å². The number of thiocarbonyl (C=S) groups is 1. The van der Waals surface area contributed by atoms with Crippen LogP contribution in [0.25, 0.3) is 0 Å². The Hall–Kier alpha value is -2.05. The molecule has 1 atom stereocenters. The van der Waals surface area contributed by atoms with Gasteiger partial charge in [-0.05, 0) is 50.2 Å². The molecule has 0 bridgehead atoms. The second kappa shape index (κ2) is 7.29. The van der Waals surface area contributed by atoms with Crippen molar-refractivity contribution in [3.8, 4) is 0 Å². The van der Waals surface area contributed by atoms with E-state index in [1.165, 1.54) is 0 Å². The van der Waals surface area contributed by atoms with Gasteiger partial charge in [0, 0.05) is 31.0 Å². The quantitative estimate of drug-likeness (QED) is 0.257. The van der Waals surface area contributed by atoms with Crippen molar-refractivity contribution in [1.29, 1.82) is 0 Å². The van der Waals surface area contributed by atoms with E-state index >= 15 is 0 Å². The maximum Gasteiger partial charge on any atom is 0.258 e. The Balaban J connectivity index is 1.96. The molecule has 0 aromatic heterocycles. The summed E-state index contributed by atoms with van der Waals surface area (Å²) in [4.78, 5) is 3.99. The van der Waals surface area contributed by atoms with Gasteiger partial charge in [0.05, 0.1) is 0 Å². The lowest BCUT2D eigenvalue weighted by Crippen LogP contribution is -2.48. The molecule has 0 amide bonds. The van der Waals surface area contributed by atoms with E-state index in [9.17, 15) is 5.21 Å². The number of hydroxylamine groups is 1. The van der Waals surface area contributed by atoms with E-state index in [1.807, 2.05) is 78.5 Å². The Kier molecular flexibility index (Phi) is 5.25. The van der Waals surface area contributed by atoms with Gasteiger partial charge in [-0.15, -0.1) is 0 Å². The number of nitrogens with zero attached hydrogens (tertiary/aromatic N) is 3. The second-order valence-corrected chi connectivity index (χ2v) is 9.31. The summed E-state index contributed by atoms with van der Waals surface area (Å²) in [5.41, 5.74) is 2.92. The highest BCUT2D eigenvalue weighted by Crippen LogP contribution is 2.43. The van der Waals surface area contributed by atoms with Crippen LogP contribution in [0.4, 0.5) is 11.4 Å². The van der Waals surface area contributed by atoms with Crippen molar-refractivity contribution in [2.45, 2.75) is 24.8 Å². The number of rotatable bonds is 4. The fraction of sp³-hybridized carbons (Fsp3) is 0.300. The number of benzene rings is 2. The Morgan fingerprint density at radius 2 is 1.73 bits per heavy atom. The first kappa shape index (κ1) is 18.7. The number of anilines is 2. The fourth-order valence-corrected chi connectivity index (χ4v) is 4.99. The van der Waals surface area contributed by atoms with E-state index in [0.717, 1.165) is 26.0 Å². The molecule has 6 heteroatoms. The predicted octanol–water partition coefficient (Wildman–Crippen LogP) is 4.32. The minimum absolute atomic E-state index is 0.325. The third-order valence-corrected chi connectivity index (χ3v) is 5.93. The van der Waals surface area contributed by atoms with Crippen molar-refractivity contribution >= 4 is 45.9 Å². The number of thioether (sulfide) groups is 1. The normalized spacial score (nSPS) is 19.7. The van der Waals surface area contributed by atoms with Gasteiger partial charge in [-0.3, -0.25) is 4.90 Å². The molecule has 0 saturated carbocycles. The molecule has 4 nitrogen and oxygen atoms in total. The Morgan fingerprint density at radius 1 is 1.12 bits per heavy atom. The summed E-state index contributed by atoms with van der Waals surface area (Å²) >= 11 is 7.15. The summed E-state index contributed by atoms with van der Waals surface area (Å²) in [7, 11) is 3.99. The SMILES string of the molecule is CN(C)c1ccc(/C=[N+](\[O-])[C@@H]2N(c3ccccc3)C(=S)SC2(C)C)cc1. The maximum atomic E-state index is 13.1. The molecule has 1 aliphatic heterocycles. The van der Waals surface area contributed by atoms with E-state index in [-0.39, 0.29) is 4.75 Å². The Labute approximate surface area is 164 Å². The molecular weight excluding hydrogens is 362 g/mol. The lowest BCUT2D eigenvalue weighted by atomic mass is 10.1. The van der Waals surface area contributed by atoms with Crippen LogP contribution in [0.1, 0.15) is 19.4 Å². The monoisotopic (exact) mass is 385 g/mol. The largest absolute Gasteiger partial charge is 0.622 e. The lowest BCUT2D eigenvalue weighted by molar-refractivity contribution is -0.497. The molecule has 26 heavy (non-hydrogen) atoms. The van der Waals surface area contributed by atoms with Gasteiger partial charge < -0.3 is 10.1 Å². The molecular formula is C20H23N3OS2. The van der Waals surface area contributed by atoms with Crippen LogP contribution in [0.5, 0.6) is 0 Å². The lowest BCUT2D eigenvalue weighted by Gasteiger charge is -2.29. The first-order chi connectivity index (χ1) is 12.3. The van der Waals surface area contributed by atoms with Crippen molar-refractivity contribution in [3.63, 3.8) is 0 Å². The van der Waals surface area contributed by atoms with Crippen molar-refractivity contribution in [1.82, 2.24) is 0 Å². The van der Waals surface area contributed by atoms with E-state index < -0.39 is 6.17 Å². The van der Waals surface area contributed by atoms with Gasteiger partial charge in [0.1, 0.15) is 9.07 Å². The van der Waals surface area contributed by atoms with Crippen LogP contribution in [0, 0.1) is 5.21 Å². The molecule has 136 valence electrons. The molecule has 1 aliphatic rings. The van der Waals surface area contributed by atoms with Crippen LogP contribution in [-0.2, 0) is 0 Å². The first-order valence-corrected chi connectivity index (χ1v) is 9.67. The maximum absolute atomic E-state index is 13.1. The average molecular weight is 386 g/mol. The predicted molar refractivity (Wildman–Crippen MR) is 117 cm³/mol. The second-order valence-electron chi connectivity index (χ2n) is 7.03. The van der Waals surface area contributed by atoms with Gasteiger partial charge in [-0.2, -0.15) is 4.74 Å². The van der Waals surface area contributed by atoms with Crippen molar-refractivity contribution in [2.75, 3.05) is 23.9 Å². The molecule has 1 heterocycles. The van der Waals surface area contributed by atoms with E-state index in [1.54, 1.807) is 18.0 Å². The molecule has 1 fully saturated rings. The molecule has 1 saturated heterocycles. The van der Waals surface area contributed by atoms with Gasteiger partial charge in [-0.25, -0.2) is 0 Å². The van der Waals surface area contributed by atoms with Crippen molar-refractivity contribution in [3.05, 3.63) is 65.4 Å². The summed E-state index contributed by atoms with van der Waals surface area (Å²) in [5, 5.41) is 13.1. The number of hydrogen-bond acceptors (Lipinski definition) is 4. The molecule has 2 aromatic rings. The fourth-order valence-electron chi connectivity index (χ4n) is 3.07. The number of para-hydroxylation sites is 1.